The van der Waals surface area contributed by atoms with Crippen LogP contribution in [-0.4, -0.2) is 39.4 Å². The second-order valence-electron chi connectivity index (χ2n) is 4.90. The molecule has 1 N–H and O–H groups in total. The third-order valence-electron chi connectivity index (χ3n) is 3.64. The van der Waals surface area contributed by atoms with Crippen LogP contribution < -0.4 is 19.6 Å². The second-order valence-corrected chi connectivity index (χ2v) is 4.90. The lowest BCUT2D eigenvalue weighted by Gasteiger charge is -2.27. The molecule has 1 aliphatic heterocycles. The third kappa shape index (κ3) is 3.55. The number of hydrogen-bond acceptors (Lipinski definition) is 5. The zero-order valence-corrected chi connectivity index (χ0v) is 12.6. The second kappa shape index (κ2) is 7.36. The van der Waals surface area contributed by atoms with E-state index in [1.165, 1.54) is 19.3 Å². The average molecular weight is 280 g/mol. The highest BCUT2D eigenvalue weighted by Crippen LogP contribution is 2.34. The minimum absolute atomic E-state index is 0.686. The number of hydrazine groups is 1. The Morgan fingerprint density at radius 1 is 0.900 bits per heavy atom. The number of nitrogens with one attached hydrogen (secondary N) is 1. The molecular formula is C15H24N2O3. The van der Waals surface area contributed by atoms with Gasteiger partial charge in [0.05, 0.1) is 21.3 Å². The maximum absolute atomic E-state index is 5.43. The highest BCUT2D eigenvalue weighted by Gasteiger charge is 2.14. The monoisotopic (exact) mass is 280 g/mol. The molecule has 5 heteroatoms. The molecule has 0 saturated carbocycles. The van der Waals surface area contributed by atoms with Gasteiger partial charge in [0.25, 0.3) is 0 Å². The van der Waals surface area contributed by atoms with Crippen LogP contribution in [0.15, 0.2) is 12.1 Å². The predicted molar refractivity (Wildman–Crippen MR) is 78.4 cm³/mol. The van der Waals surface area contributed by atoms with Gasteiger partial charge in [0, 0.05) is 31.3 Å². The molecule has 0 spiro atoms. The summed E-state index contributed by atoms with van der Waals surface area (Å²) in [5.74, 6) is 2.22. The van der Waals surface area contributed by atoms with Crippen LogP contribution in [0.25, 0.3) is 0 Å². The maximum Gasteiger partial charge on any atom is 0.164 e. The lowest BCUT2D eigenvalue weighted by Crippen LogP contribution is -2.41. The van der Waals surface area contributed by atoms with E-state index in [1.54, 1.807) is 21.3 Å². The van der Waals surface area contributed by atoms with E-state index in [-0.39, 0.29) is 0 Å². The van der Waals surface area contributed by atoms with Crippen molar-refractivity contribution in [1.82, 2.24) is 10.4 Å². The van der Waals surface area contributed by atoms with E-state index in [0.29, 0.717) is 5.75 Å². The highest BCUT2D eigenvalue weighted by molar-refractivity contribution is 5.50. The molecule has 1 aliphatic rings. The van der Waals surface area contributed by atoms with Crippen molar-refractivity contribution < 1.29 is 14.2 Å². The van der Waals surface area contributed by atoms with Gasteiger partial charge in [0.2, 0.25) is 0 Å². The quantitative estimate of drug-likeness (QED) is 0.865. The molecule has 0 radical (unpaired) electrons. The van der Waals surface area contributed by atoms with E-state index < -0.39 is 0 Å². The number of methoxy groups -OCH3 is 3. The van der Waals surface area contributed by atoms with Crippen molar-refractivity contribution in [3.8, 4) is 17.2 Å². The van der Waals surface area contributed by atoms with Gasteiger partial charge in [-0.15, -0.1) is 0 Å². The van der Waals surface area contributed by atoms with Crippen molar-refractivity contribution in [3.63, 3.8) is 0 Å². The van der Waals surface area contributed by atoms with Gasteiger partial charge in [-0.2, -0.15) is 0 Å². The molecule has 2 rings (SSSR count). The van der Waals surface area contributed by atoms with Gasteiger partial charge in [-0.05, 0) is 18.9 Å². The molecule has 20 heavy (non-hydrogen) atoms. The topological polar surface area (TPSA) is 43.0 Å². The Labute approximate surface area is 120 Å². The maximum atomic E-state index is 5.43. The lowest BCUT2D eigenvalue weighted by molar-refractivity contribution is 0.150. The molecule has 0 unspecified atom stereocenters. The molecule has 1 aromatic carbocycles. The summed E-state index contributed by atoms with van der Waals surface area (Å²) in [6, 6.07) is 3.83. The van der Waals surface area contributed by atoms with Crippen LogP contribution in [0.3, 0.4) is 0 Å². The Hall–Kier alpha value is -1.46. The number of benzene rings is 1. The van der Waals surface area contributed by atoms with Gasteiger partial charge < -0.3 is 14.2 Å². The molecule has 0 aliphatic carbocycles. The van der Waals surface area contributed by atoms with Crippen molar-refractivity contribution in [2.75, 3.05) is 34.4 Å². The molecule has 0 amide bonds. The first-order chi connectivity index (χ1) is 9.78. The fourth-order valence-corrected chi connectivity index (χ4v) is 2.48. The Morgan fingerprint density at radius 3 is 2.10 bits per heavy atom. The normalized spacial score (nSPS) is 15.9. The zero-order valence-electron chi connectivity index (χ0n) is 12.6. The number of hydrogen-bond donors (Lipinski definition) is 1. The Bertz CT molecular complexity index is 431. The van der Waals surface area contributed by atoms with E-state index in [1.807, 2.05) is 12.1 Å². The molecule has 1 heterocycles. The number of piperidine rings is 1. The van der Waals surface area contributed by atoms with Crippen LogP contribution in [0.4, 0.5) is 0 Å². The average Bonchev–Trinajstić information content (AvgIpc) is 2.52. The van der Waals surface area contributed by atoms with Crippen molar-refractivity contribution in [2.24, 2.45) is 0 Å². The first kappa shape index (κ1) is 14.9. The molecule has 1 fully saturated rings. The van der Waals surface area contributed by atoms with Crippen molar-refractivity contribution in [2.45, 2.75) is 25.8 Å². The van der Waals surface area contributed by atoms with E-state index in [0.717, 1.165) is 36.7 Å². The van der Waals surface area contributed by atoms with E-state index >= 15 is 0 Å². The van der Waals surface area contributed by atoms with Crippen molar-refractivity contribution in [1.29, 1.82) is 0 Å². The summed E-state index contributed by atoms with van der Waals surface area (Å²) in [6.45, 7) is 2.94. The molecule has 1 saturated heterocycles. The third-order valence-corrected chi connectivity index (χ3v) is 3.64. The molecule has 0 aromatic heterocycles. The minimum Gasteiger partial charge on any atom is -0.496 e. The molecule has 0 atom stereocenters. The van der Waals surface area contributed by atoms with Crippen LogP contribution in [0.2, 0.25) is 0 Å². The van der Waals surface area contributed by atoms with Crippen LogP contribution in [0.5, 0.6) is 17.2 Å². The number of ether oxygens (including phenoxy) is 3. The Balaban J connectivity index is 2.08. The van der Waals surface area contributed by atoms with E-state index in [9.17, 15) is 0 Å². The predicted octanol–water partition coefficient (Wildman–Crippen LogP) is 2.20. The van der Waals surface area contributed by atoms with Gasteiger partial charge in [0.1, 0.15) is 5.75 Å². The fraction of sp³-hybridized carbons (Fsp3) is 0.600. The number of rotatable bonds is 6. The largest absolute Gasteiger partial charge is 0.496 e. The Kier molecular flexibility index (Phi) is 5.49. The fourth-order valence-electron chi connectivity index (χ4n) is 2.48. The van der Waals surface area contributed by atoms with Gasteiger partial charge in [-0.3, -0.25) is 5.43 Å². The standard InChI is InChI=1S/C15H24N2O3/c1-18-13-10-15(20-3)14(19-2)9-12(13)11-16-17-7-5-4-6-8-17/h9-10,16H,4-8,11H2,1-3H3. The van der Waals surface area contributed by atoms with E-state index in [2.05, 4.69) is 10.4 Å². The van der Waals surface area contributed by atoms with Gasteiger partial charge in [0.15, 0.2) is 11.5 Å². The molecule has 5 nitrogen and oxygen atoms in total. The number of nitrogens with zero attached hydrogens (tertiary/aromatic N) is 1. The minimum atomic E-state index is 0.686. The van der Waals surface area contributed by atoms with Gasteiger partial charge >= 0.3 is 0 Å². The van der Waals surface area contributed by atoms with Crippen LogP contribution in [0, 0.1) is 0 Å². The highest BCUT2D eigenvalue weighted by atomic mass is 16.5. The van der Waals surface area contributed by atoms with Crippen molar-refractivity contribution >= 4 is 0 Å². The molecular weight excluding hydrogens is 256 g/mol. The van der Waals surface area contributed by atoms with Crippen LogP contribution in [0.1, 0.15) is 24.8 Å². The van der Waals surface area contributed by atoms with Crippen molar-refractivity contribution in [3.05, 3.63) is 17.7 Å². The summed E-state index contributed by atoms with van der Waals surface area (Å²) in [4.78, 5) is 0. The summed E-state index contributed by atoms with van der Waals surface area (Å²) in [5, 5.41) is 2.28. The first-order valence-electron chi connectivity index (χ1n) is 7.05. The van der Waals surface area contributed by atoms with Gasteiger partial charge in [-0.1, -0.05) is 6.42 Å². The van der Waals surface area contributed by atoms with Gasteiger partial charge in [-0.25, -0.2) is 5.01 Å². The lowest BCUT2D eigenvalue weighted by atomic mass is 10.1. The van der Waals surface area contributed by atoms with E-state index in [4.69, 9.17) is 14.2 Å². The summed E-state index contributed by atoms with van der Waals surface area (Å²) in [7, 11) is 4.95. The molecule has 112 valence electrons. The molecule has 0 bridgehead atoms. The first-order valence-corrected chi connectivity index (χ1v) is 7.05. The summed E-state index contributed by atoms with van der Waals surface area (Å²) >= 11 is 0. The molecule has 1 aromatic rings. The summed E-state index contributed by atoms with van der Waals surface area (Å²) in [5.41, 5.74) is 4.52. The SMILES string of the molecule is COc1cc(OC)c(OC)cc1CNN1CCCCC1. The van der Waals surface area contributed by atoms with Crippen LogP contribution >= 0.6 is 0 Å². The smallest absolute Gasteiger partial charge is 0.164 e. The Morgan fingerprint density at radius 2 is 1.50 bits per heavy atom. The summed E-state index contributed by atoms with van der Waals surface area (Å²) < 4.78 is 16.1. The summed E-state index contributed by atoms with van der Waals surface area (Å²) in [6.07, 6.45) is 3.85. The van der Waals surface area contributed by atoms with Crippen LogP contribution in [-0.2, 0) is 6.54 Å². The zero-order chi connectivity index (χ0) is 14.4.